The van der Waals surface area contributed by atoms with Gasteiger partial charge in [-0.3, -0.25) is 9.59 Å². The lowest BCUT2D eigenvalue weighted by Crippen LogP contribution is -2.48. The van der Waals surface area contributed by atoms with E-state index in [2.05, 4.69) is 10.2 Å². The molecule has 2 aromatic rings. The number of amides is 2. The molecule has 1 saturated heterocycles. The van der Waals surface area contributed by atoms with Crippen molar-refractivity contribution in [3.8, 4) is 0 Å². The molecule has 0 bridgehead atoms. The zero-order chi connectivity index (χ0) is 19.1. The lowest BCUT2D eigenvalue weighted by atomic mass is 10.1. The third-order valence-corrected chi connectivity index (χ3v) is 4.82. The number of carbonyl (C=O) groups is 2. The number of anilines is 2. The molecular weight excluding hydrogens is 338 g/mol. The van der Waals surface area contributed by atoms with Gasteiger partial charge < -0.3 is 15.1 Å². The number of hydrogen-bond acceptors (Lipinski definition) is 3. The highest BCUT2D eigenvalue weighted by Crippen LogP contribution is 2.20. The van der Waals surface area contributed by atoms with Gasteiger partial charge in [-0.25, -0.2) is 0 Å². The maximum absolute atomic E-state index is 12.2. The normalized spacial score (nSPS) is 14.1. The molecule has 1 heterocycles. The molecule has 5 nitrogen and oxygen atoms in total. The second-order valence-corrected chi connectivity index (χ2v) is 6.88. The minimum Gasteiger partial charge on any atom is -0.368 e. The number of carbonyl (C=O) groups excluding carboxylic acids is 2. The van der Waals surface area contributed by atoms with Crippen LogP contribution in [-0.2, 0) is 16.0 Å². The fourth-order valence-corrected chi connectivity index (χ4v) is 3.33. The molecule has 142 valence electrons. The largest absolute Gasteiger partial charge is 0.368 e. The van der Waals surface area contributed by atoms with E-state index in [4.69, 9.17) is 0 Å². The standard InChI is InChI=1S/C22H27N3O2/c1-2-6-22(27)25-15-13-24(14-16-25)20-11-9-19(10-12-20)23-21(26)17-18-7-4-3-5-8-18/h3-5,7-12H,2,6,13-17H2,1H3,(H,23,26). The van der Waals surface area contributed by atoms with Crippen LogP contribution in [0, 0.1) is 0 Å². The summed E-state index contributed by atoms with van der Waals surface area (Å²) in [5.74, 6) is 0.241. The van der Waals surface area contributed by atoms with Crippen molar-refractivity contribution >= 4 is 23.2 Å². The Balaban J connectivity index is 1.50. The summed E-state index contributed by atoms with van der Waals surface area (Å²) in [6.07, 6.45) is 1.91. The van der Waals surface area contributed by atoms with Crippen LogP contribution in [0.25, 0.3) is 0 Å². The lowest BCUT2D eigenvalue weighted by molar-refractivity contribution is -0.131. The smallest absolute Gasteiger partial charge is 0.228 e. The molecule has 1 aliphatic rings. The molecule has 1 fully saturated rings. The highest BCUT2D eigenvalue weighted by atomic mass is 16.2. The Morgan fingerprint density at radius 1 is 0.926 bits per heavy atom. The Bertz CT molecular complexity index is 751. The summed E-state index contributed by atoms with van der Waals surface area (Å²) in [6.45, 7) is 5.27. The predicted molar refractivity (Wildman–Crippen MR) is 109 cm³/mol. The Morgan fingerprint density at radius 3 is 2.22 bits per heavy atom. The van der Waals surface area contributed by atoms with Crippen LogP contribution in [0.4, 0.5) is 11.4 Å². The number of nitrogens with zero attached hydrogens (tertiary/aromatic N) is 2. The first-order valence-corrected chi connectivity index (χ1v) is 9.62. The van der Waals surface area contributed by atoms with Gasteiger partial charge in [0.15, 0.2) is 0 Å². The van der Waals surface area contributed by atoms with Gasteiger partial charge in [-0.05, 0) is 36.2 Å². The molecule has 2 amide bonds. The summed E-state index contributed by atoms with van der Waals surface area (Å²) in [5.41, 5.74) is 2.93. The number of benzene rings is 2. The summed E-state index contributed by atoms with van der Waals surface area (Å²) in [7, 11) is 0. The molecule has 0 aromatic heterocycles. The van der Waals surface area contributed by atoms with Crippen LogP contribution in [0.15, 0.2) is 54.6 Å². The Morgan fingerprint density at radius 2 is 1.59 bits per heavy atom. The third-order valence-electron chi connectivity index (χ3n) is 4.82. The molecule has 0 unspecified atom stereocenters. The average Bonchev–Trinajstić information content (AvgIpc) is 2.69. The minimum absolute atomic E-state index is 0.0167. The van der Waals surface area contributed by atoms with Crippen molar-refractivity contribution in [3.63, 3.8) is 0 Å². The number of hydrogen-bond donors (Lipinski definition) is 1. The van der Waals surface area contributed by atoms with Crippen LogP contribution >= 0.6 is 0 Å². The fourth-order valence-electron chi connectivity index (χ4n) is 3.33. The summed E-state index contributed by atoms with van der Waals surface area (Å²) in [5, 5.41) is 2.95. The van der Waals surface area contributed by atoms with Gasteiger partial charge in [-0.15, -0.1) is 0 Å². The zero-order valence-electron chi connectivity index (χ0n) is 15.9. The first-order chi connectivity index (χ1) is 13.2. The van der Waals surface area contributed by atoms with Crippen molar-refractivity contribution in [2.24, 2.45) is 0 Å². The molecule has 2 aromatic carbocycles. The second kappa shape index (κ2) is 9.21. The van der Waals surface area contributed by atoms with Crippen LogP contribution in [0.5, 0.6) is 0 Å². The molecule has 3 rings (SSSR count). The zero-order valence-corrected chi connectivity index (χ0v) is 15.9. The second-order valence-electron chi connectivity index (χ2n) is 6.88. The van der Waals surface area contributed by atoms with E-state index in [9.17, 15) is 9.59 Å². The highest BCUT2D eigenvalue weighted by Gasteiger charge is 2.20. The Kier molecular flexibility index (Phi) is 6.47. The lowest BCUT2D eigenvalue weighted by Gasteiger charge is -2.36. The van der Waals surface area contributed by atoms with E-state index in [1.807, 2.05) is 66.4 Å². The topological polar surface area (TPSA) is 52.7 Å². The SMILES string of the molecule is CCCC(=O)N1CCN(c2ccc(NC(=O)Cc3ccccc3)cc2)CC1. The molecule has 0 saturated carbocycles. The summed E-state index contributed by atoms with van der Waals surface area (Å²) in [4.78, 5) is 28.4. The van der Waals surface area contributed by atoms with Gasteiger partial charge in [0.1, 0.15) is 0 Å². The van der Waals surface area contributed by atoms with Crippen LogP contribution in [-0.4, -0.2) is 42.9 Å². The fraction of sp³-hybridized carbons (Fsp3) is 0.364. The molecule has 1 aliphatic heterocycles. The summed E-state index contributed by atoms with van der Waals surface area (Å²) < 4.78 is 0. The first kappa shape index (κ1) is 19.0. The van der Waals surface area contributed by atoms with E-state index in [0.717, 1.165) is 49.5 Å². The van der Waals surface area contributed by atoms with Gasteiger partial charge in [0, 0.05) is 44.0 Å². The number of piperazine rings is 1. The molecule has 5 heteroatoms. The Labute approximate surface area is 161 Å². The third kappa shape index (κ3) is 5.33. The van der Waals surface area contributed by atoms with Gasteiger partial charge in [0.25, 0.3) is 0 Å². The van der Waals surface area contributed by atoms with Crippen LogP contribution in [0.2, 0.25) is 0 Å². The van der Waals surface area contributed by atoms with Crippen molar-refractivity contribution < 1.29 is 9.59 Å². The van der Waals surface area contributed by atoms with E-state index in [-0.39, 0.29) is 11.8 Å². The van der Waals surface area contributed by atoms with Gasteiger partial charge >= 0.3 is 0 Å². The Hall–Kier alpha value is -2.82. The van der Waals surface area contributed by atoms with Crippen LogP contribution in [0.3, 0.4) is 0 Å². The van der Waals surface area contributed by atoms with E-state index in [1.165, 1.54) is 0 Å². The molecule has 1 N–H and O–H groups in total. The quantitative estimate of drug-likeness (QED) is 0.854. The highest BCUT2D eigenvalue weighted by molar-refractivity contribution is 5.92. The molecular formula is C22H27N3O2. The maximum Gasteiger partial charge on any atom is 0.228 e. The molecule has 0 spiro atoms. The van der Waals surface area contributed by atoms with Crippen molar-refractivity contribution in [3.05, 3.63) is 60.2 Å². The van der Waals surface area contributed by atoms with Crippen molar-refractivity contribution in [1.82, 2.24) is 4.90 Å². The molecule has 0 radical (unpaired) electrons. The monoisotopic (exact) mass is 365 g/mol. The molecule has 27 heavy (non-hydrogen) atoms. The molecule has 0 aliphatic carbocycles. The maximum atomic E-state index is 12.2. The van der Waals surface area contributed by atoms with E-state index in [1.54, 1.807) is 0 Å². The molecule has 0 atom stereocenters. The number of rotatable bonds is 6. The summed E-state index contributed by atoms with van der Waals surface area (Å²) in [6, 6.07) is 17.7. The van der Waals surface area contributed by atoms with Crippen LogP contribution < -0.4 is 10.2 Å². The predicted octanol–water partition coefficient (Wildman–Crippen LogP) is 3.32. The van der Waals surface area contributed by atoms with Crippen molar-refractivity contribution in [2.45, 2.75) is 26.2 Å². The van der Waals surface area contributed by atoms with Crippen LogP contribution in [0.1, 0.15) is 25.3 Å². The van der Waals surface area contributed by atoms with Gasteiger partial charge in [-0.2, -0.15) is 0 Å². The average molecular weight is 365 g/mol. The van der Waals surface area contributed by atoms with Gasteiger partial charge in [0.2, 0.25) is 11.8 Å². The van der Waals surface area contributed by atoms with Gasteiger partial charge in [0.05, 0.1) is 6.42 Å². The van der Waals surface area contributed by atoms with E-state index >= 15 is 0 Å². The minimum atomic E-state index is -0.0167. The van der Waals surface area contributed by atoms with E-state index < -0.39 is 0 Å². The van der Waals surface area contributed by atoms with E-state index in [0.29, 0.717) is 12.8 Å². The van der Waals surface area contributed by atoms with Crippen molar-refractivity contribution in [1.29, 1.82) is 0 Å². The van der Waals surface area contributed by atoms with Crippen molar-refractivity contribution in [2.75, 3.05) is 36.4 Å². The van der Waals surface area contributed by atoms with Gasteiger partial charge in [-0.1, -0.05) is 37.3 Å². The summed E-state index contributed by atoms with van der Waals surface area (Å²) >= 11 is 0. The first-order valence-electron chi connectivity index (χ1n) is 9.62. The number of nitrogens with one attached hydrogen (secondary N) is 1.